The third-order valence-electron chi connectivity index (χ3n) is 6.13. The van der Waals surface area contributed by atoms with Crippen LogP contribution in [-0.4, -0.2) is 48.8 Å². The number of nitro benzene ring substituents is 1. The third kappa shape index (κ3) is 5.27. The van der Waals surface area contributed by atoms with Crippen molar-refractivity contribution in [3.8, 4) is 10.6 Å². The van der Waals surface area contributed by atoms with Gasteiger partial charge in [0.1, 0.15) is 10.7 Å². The van der Waals surface area contributed by atoms with Crippen LogP contribution in [0.1, 0.15) is 41.5 Å². The van der Waals surface area contributed by atoms with Crippen molar-refractivity contribution >= 4 is 50.9 Å². The van der Waals surface area contributed by atoms with Crippen LogP contribution in [0.15, 0.2) is 42.5 Å². The van der Waals surface area contributed by atoms with Crippen molar-refractivity contribution in [1.29, 1.82) is 0 Å². The normalized spacial score (nSPS) is 13.2. The molecule has 2 N–H and O–H groups in total. The van der Waals surface area contributed by atoms with E-state index in [2.05, 4.69) is 25.9 Å². The monoisotopic (exact) mass is 536 g/mol. The number of nitrogens with one attached hydrogen (secondary N) is 2. The maximum absolute atomic E-state index is 12.7. The molecule has 2 aromatic carbocycles. The van der Waals surface area contributed by atoms with E-state index in [1.807, 2.05) is 36.1 Å². The SMILES string of the molecule is CCc1nnc2sc(-c3ccc(CNC(=S)NC(=O)c4ccc(N5CCCC5)c([N+](=O)[O-])c4)cc3)nn12. The number of nitrogens with zero attached hydrogens (tertiary/aromatic N) is 6. The van der Waals surface area contributed by atoms with Crippen LogP contribution in [0.5, 0.6) is 0 Å². The molecule has 1 aliphatic rings. The molecule has 13 heteroatoms. The molecule has 0 aliphatic carbocycles. The first-order valence-electron chi connectivity index (χ1n) is 11.9. The van der Waals surface area contributed by atoms with Crippen LogP contribution >= 0.6 is 23.6 Å². The van der Waals surface area contributed by atoms with Crippen molar-refractivity contribution in [3.05, 3.63) is 69.5 Å². The number of hydrogen-bond donors (Lipinski definition) is 2. The Bertz CT molecular complexity index is 1480. The molecule has 3 heterocycles. The number of thiocarbonyl (C=S) groups is 1. The van der Waals surface area contributed by atoms with Crippen molar-refractivity contribution in [2.24, 2.45) is 0 Å². The molecule has 37 heavy (non-hydrogen) atoms. The minimum atomic E-state index is -0.501. The van der Waals surface area contributed by atoms with Gasteiger partial charge in [0.25, 0.3) is 11.6 Å². The van der Waals surface area contributed by atoms with E-state index >= 15 is 0 Å². The Labute approximate surface area is 221 Å². The first-order chi connectivity index (χ1) is 17.9. The first kappa shape index (κ1) is 24.7. The maximum Gasteiger partial charge on any atom is 0.293 e. The number of benzene rings is 2. The molecule has 190 valence electrons. The van der Waals surface area contributed by atoms with Crippen LogP contribution in [0.25, 0.3) is 15.5 Å². The minimum absolute atomic E-state index is 0.0794. The molecule has 1 saturated heterocycles. The van der Waals surface area contributed by atoms with Crippen molar-refractivity contribution in [2.75, 3.05) is 18.0 Å². The van der Waals surface area contributed by atoms with Crippen LogP contribution in [-0.2, 0) is 13.0 Å². The minimum Gasteiger partial charge on any atom is -0.366 e. The van der Waals surface area contributed by atoms with E-state index in [-0.39, 0.29) is 16.4 Å². The molecule has 1 fully saturated rings. The molecule has 0 unspecified atom stereocenters. The van der Waals surface area contributed by atoms with E-state index in [1.165, 1.54) is 17.4 Å². The molecule has 1 amide bonds. The van der Waals surface area contributed by atoms with Crippen LogP contribution < -0.4 is 15.5 Å². The lowest BCUT2D eigenvalue weighted by atomic mass is 10.1. The van der Waals surface area contributed by atoms with Gasteiger partial charge in [-0.05, 0) is 42.8 Å². The van der Waals surface area contributed by atoms with Gasteiger partial charge in [-0.1, -0.05) is 42.5 Å². The van der Waals surface area contributed by atoms with Crippen molar-refractivity contribution in [2.45, 2.75) is 32.7 Å². The van der Waals surface area contributed by atoms with E-state index in [0.717, 1.165) is 59.3 Å². The fraction of sp³-hybridized carbons (Fsp3) is 0.292. The lowest BCUT2D eigenvalue weighted by molar-refractivity contribution is -0.384. The number of fused-ring (bicyclic) bond motifs is 1. The number of aromatic nitrogens is 4. The highest BCUT2D eigenvalue weighted by atomic mass is 32.1. The Hall–Kier alpha value is -3.97. The average molecular weight is 537 g/mol. The average Bonchev–Trinajstić information content (AvgIpc) is 3.65. The summed E-state index contributed by atoms with van der Waals surface area (Å²) in [6, 6.07) is 12.4. The first-order valence-corrected chi connectivity index (χ1v) is 13.1. The van der Waals surface area contributed by atoms with Gasteiger partial charge in [-0.3, -0.25) is 20.2 Å². The van der Waals surface area contributed by atoms with E-state index in [9.17, 15) is 14.9 Å². The summed E-state index contributed by atoms with van der Waals surface area (Å²) in [7, 11) is 0. The lowest BCUT2D eigenvalue weighted by Gasteiger charge is -2.18. The van der Waals surface area contributed by atoms with Gasteiger partial charge in [-0.25, -0.2) is 0 Å². The van der Waals surface area contributed by atoms with Crippen LogP contribution in [0.4, 0.5) is 11.4 Å². The molecule has 0 bridgehead atoms. The van der Waals surface area contributed by atoms with Gasteiger partial charge in [0.15, 0.2) is 10.9 Å². The van der Waals surface area contributed by atoms with Gasteiger partial charge >= 0.3 is 0 Å². The number of nitro groups is 1. The quantitative estimate of drug-likeness (QED) is 0.206. The van der Waals surface area contributed by atoms with Gasteiger partial charge < -0.3 is 10.2 Å². The lowest BCUT2D eigenvalue weighted by Crippen LogP contribution is -2.38. The molecule has 0 atom stereocenters. The molecule has 0 radical (unpaired) electrons. The molecule has 1 aliphatic heterocycles. The molecule has 11 nitrogen and oxygen atoms in total. The summed E-state index contributed by atoms with van der Waals surface area (Å²) >= 11 is 6.75. The fourth-order valence-electron chi connectivity index (χ4n) is 4.20. The number of rotatable bonds is 7. The number of anilines is 1. The van der Waals surface area contributed by atoms with Gasteiger partial charge in [0, 0.05) is 43.2 Å². The van der Waals surface area contributed by atoms with Gasteiger partial charge in [0.2, 0.25) is 4.96 Å². The number of carbonyl (C=O) groups is 1. The van der Waals surface area contributed by atoms with E-state index in [0.29, 0.717) is 12.2 Å². The maximum atomic E-state index is 12.7. The molecule has 5 rings (SSSR count). The zero-order chi connectivity index (χ0) is 25.9. The number of hydrogen-bond acceptors (Lipinski definition) is 9. The fourth-order valence-corrected chi connectivity index (χ4v) is 5.23. The largest absolute Gasteiger partial charge is 0.366 e. The Morgan fingerprint density at radius 3 is 2.62 bits per heavy atom. The standard InChI is InChI=1S/C24H24N8O3S2/c1-2-20-27-28-24-31(20)29-22(37-24)16-7-5-15(6-8-16)14-25-23(36)26-21(33)17-9-10-18(19(13-17)32(34)35)30-11-3-4-12-30/h5-10,13H,2-4,11-12,14H2,1H3,(H2,25,26,33,36). The van der Waals surface area contributed by atoms with Crippen molar-refractivity contribution in [3.63, 3.8) is 0 Å². The topological polar surface area (TPSA) is 131 Å². The van der Waals surface area contributed by atoms with Crippen molar-refractivity contribution in [1.82, 2.24) is 30.4 Å². The summed E-state index contributed by atoms with van der Waals surface area (Å²) in [6.07, 6.45) is 2.75. The number of amides is 1. The van der Waals surface area contributed by atoms with Gasteiger partial charge in [0.05, 0.1) is 4.92 Å². The Morgan fingerprint density at radius 2 is 1.92 bits per heavy atom. The summed E-state index contributed by atoms with van der Waals surface area (Å²) in [6.45, 7) is 3.96. The summed E-state index contributed by atoms with van der Waals surface area (Å²) in [5, 5.41) is 31.1. The summed E-state index contributed by atoms with van der Waals surface area (Å²) < 4.78 is 1.77. The zero-order valence-corrected chi connectivity index (χ0v) is 21.6. The summed E-state index contributed by atoms with van der Waals surface area (Å²) in [5.41, 5.74) is 2.57. The van der Waals surface area contributed by atoms with Gasteiger partial charge in [-0.15, -0.1) is 10.2 Å². The Balaban J connectivity index is 1.18. The van der Waals surface area contributed by atoms with Gasteiger partial charge in [-0.2, -0.15) is 9.61 Å². The van der Waals surface area contributed by atoms with E-state index in [4.69, 9.17) is 12.2 Å². The molecule has 0 saturated carbocycles. The predicted molar refractivity (Wildman–Crippen MR) is 145 cm³/mol. The highest BCUT2D eigenvalue weighted by Crippen LogP contribution is 2.31. The second-order valence-electron chi connectivity index (χ2n) is 8.56. The molecular weight excluding hydrogens is 512 g/mol. The van der Waals surface area contributed by atoms with Crippen LogP contribution in [0, 0.1) is 10.1 Å². The second kappa shape index (κ2) is 10.6. The highest BCUT2D eigenvalue weighted by molar-refractivity contribution is 7.80. The highest BCUT2D eigenvalue weighted by Gasteiger charge is 2.24. The second-order valence-corrected chi connectivity index (χ2v) is 9.92. The molecule has 4 aromatic rings. The summed E-state index contributed by atoms with van der Waals surface area (Å²) in [5.74, 6) is 0.324. The molecule has 2 aromatic heterocycles. The number of carbonyl (C=O) groups excluding carboxylic acids is 1. The van der Waals surface area contributed by atoms with E-state index < -0.39 is 10.8 Å². The van der Waals surface area contributed by atoms with Crippen molar-refractivity contribution < 1.29 is 9.72 Å². The summed E-state index contributed by atoms with van der Waals surface area (Å²) in [4.78, 5) is 26.6. The Morgan fingerprint density at radius 1 is 1.16 bits per heavy atom. The molecule has 0 spiro atoms. The third-order valence-corrected chi connectivity index (χ3v) is 7.33. The van der Waals surface area contributed by atoms with E-state index in [1.54, 1.807) is 16.6 Å². The van der Waals surface area contributed by atoms with Crippen LogP contribution in [0.3, 0.4) is 0 Å². The Kier molecular flexibility index (Phi) is 7.06. The smallest absolute Gasteiger partial charge is 0.293 e. The van der Waals surface area contributed by atoms with Crippen LogP contribution in [0.2, 0.25) is 0 Å². The zero-order valence-electron chi connectivity index (χ0n) is 20.0. The number of aryl methyl sites for hydroxylation is 1. The predicted octanol–water partition coefficient (Wildman–Crippen LogP) is 3.73. The molecular formula is C24H24N8O3S2.